The predicted octanol–water partition coefficient (Wildman–Crippen LogP) is 6.14. The molecule has 0 bridgehead atoms. The van der Waals surface area contributed by atoms with E-state index in [0.29, 0.717) is 22.6 Å². The second-order valence-corrected chi connectivity index (χ2v) is 8.95. The first-order valence-electron chi connectivity index (χ1n) is 9.98. The second-order valence-electron chi connectivity index (χ2n) is 8.26. The summed E-state index contributed by atoms with van der Waals surface area (Å²) in [6.45, 7) is 7.53. The van der Waals surface area contributed by atoms with Crippen LogP contribution in [0.3, 0.4) is 0 Å². The Kier molecular flexibility index (Phi) is 5.57. The van der Waals surface area contributed by atoms with E-state index in [9.17, 15) is 0 Å². The first-order valence-corrected chi connectivity index (χ1v) is 10.7. The van der Waals surface area contributed by atoms with Gasteiger partial charge in [0.25, 0.3) is 0 Å². The van der Waals surface area contributed by atoms with E-state index in [2.05, 4.69) is 46.4 Å². The third-order valence-corrected chi connectivity index (χ3v) is 6.22. The molecular formula is C21H25Cl2N5. The molecule has 0 atom stereocenters. The van der Waals surface area contributed by atoms with Crippen LogP contribution in [0.5, 0.6) is 0 Å². The van der Waals surface area contributed by atoms with Crippen molar-refractivity contribution >= 4 is 34.4 Å². The van der Waals surface area contributed by atoms with Gasteiger partial charge in [0.05, 0.1) is 0 Å². The highest BCUT2D eigenvalue weighted by atomic mass is 35.5. The molecule has 0 aliphatic heterocycles. The summed E-state index contributed by atoms with van der Waals surface area (Å²) in [6.07, 6.45) is 6.81. The van der Waals surface area contributed by atoms with E-state index in [-0.39, 0.29) is 5.28 Å². The molecule has 0 N–H and O–H groups in total. The highest BCUT2D eigenvalue weighted by molar-refractivity contribution is 6.35. The maximum atomic E-state index is 6.47. The third kappa shape index (κ3) is 3.87. The fraction of sp³-hybridized carbons (Fsp3) is 0.524. The van der Waals surface area contributed by atoms with Crippen LogP contribution in [0.15, 0.2) is 18.3 Å². The van der Waals surface area contributed by atoms with E-state index in [1.54, 1.807) is 0 Å². The molecule has 1 saturated carbocycles. The summed E-state index contributed by atoms with van der Waals surface area (Å²) in [4.78, 5) is 17.8. The molecule has 148 valence electrons. The van der Waals surface area contributed by atoms with Gasteiger partial charge in [-0.25, -0.2) is 9.97 Å². The number of fused-ring (bicyclic) bond motifs is 1. The van der Waals surface area contributed by atoms with E-state index in [4.69, 9.17) is 28.2 Å². The Bertz CT molecular complexity index is 990. The molecule has 0 unspecified atom stereocenters. The van der Waals surface area contributed by atoms with Crippen LogP contribution >= 0.6 is 23.2 Å². The first-order chi connectivity index (χ1) is 13.4. The van der Waals surface area contributed by atoms with Crippen molar-refractivity contribution in [1.29, 1.82) is 0 Å². The normalized spacial score (nSPS) is 20.2. The van der Waals surface area contributed by atoms with Crippen molar-refractivity contribution in [2.75, 3.05) is 0 Å². The zero-order valence-electron chi connectivity index (χ0n) is 16.5. The molecule has 3 heterocycles. The highest BCUT2D eigenvalue weighted by Crippen LogP contribution is 2.34. The molecule has 0 spiro atoms. The van der Waals surface area contributed by atoms with Crippen LogP contribution in [-0.2, 0) is 6.54 Å². The van der Waals surface area contributed by atoms with Crippen LogP contribution in [0.4, 0.5) is 0 Å². The number of hydrogen-bond acceptors (Lipinski definition) is 4. The zero-order chi connectivity index (χ0) is 19.8. The minimum absolute atomic E-state index is 0.115. The summed E-state index contributed by atoms with van der Waals surface area (Å²) >= 11 is 12.5. The van der Waals surface area contributed by atoms with Crippen LogP contribution in [0.25, 0.3) is 22.7 Å². The first kappa shape index (κ1) is 19.6. The SMILES string of the molecule is CC(C)c1ccnc(-c2nc3nc(Cl)nc(Cl)c3n2C[C@H]2CC[C@H](C)CC2)c1. The van der Waals surface area contributed by atoms with E-state index in [1.807, 2.05) is 12.3 Å². The topological polar surface area (TPSA) is 56.5 Å². The highest BCUT2D eigenvalue weighted by Gasteiger charge is 2.24. The molecular weight excluding hydrogens is 393 g/mol. The number of imidazole rings is 1. The summed E-state index contributed by atoms with van der Waals surface area (Å²) in [5.41, 5.74) is 3.34. The summed E-state index contributed by atoms with van der Waals surface area (Å²) in [7, 11) is 0. The van der Waals surface area contributed by atoms with Gasteiger partial charge in [0.2, 0.25) is 5.28 Å². The molecule has 0 aromatic carbocycles. The number of halogens is 2. The summed E-state index contributed by atoms with van der Waals surface area (Å²) in [5, 5.41) is 0.460. The van der Waals surface area contributed by atoms with Crippen LogP contribution in [0.1, 0.15) is 57.9 Å². The Labute approximate surface area is 175 Å². The molecule has 4 rings (SSSR count). The molecule has 0 amide bonds. The molecule has 3 aromatic heterocycles. The van der Waals surface area contributed by atoms with Crippen molar-refractivity contribution in [2.24, 2.45) is 11.8 Å². The van der Waals surface area contributed by atoms with Crippen LogP contribution in [-0.4, -0.2) is 24.5 Å². The number of nitrogens with zero attached hydrogens (tertiary/aromatic N) is 5. The molecule has 1 fully saturated rings. The van der Waals surface area contributed by atoms with Gasteiger partial charge in [-0.15, -0.1) is 0 Å². The lowest BCUT2D eigenvalue weighted by Gasteiger charge is -2.27. The molecule has 1 aliphatic rings. The van der Waals surface area contributed by atoms with E-state index in [0.717, 1.165) is 29.5 Å². The Morgan fingerprint density at radius 2 is 1.86 bits per heavy atom. The van der Waals surface area contributed by atoms with E-state index in [1.165, 1.54) is 31.2 Å². The molecule has 28 heavy (non-hydrogen) atoms. The average molecular weight is 418 g/mol. The van der Waals surface area contributed by atoms with Crippen molar-refractivity contribution in [3.8, 4) is 11.5 Å². The molecule has 7 heteroatoms. The zero-order valence-corrected chi connectivity index (χ0v) is 18.0. The van der Waals surface area contributed by atoms with Gasteiger partial charge in [-0.05, 0) is 59.9 Å². The second kappa shape index (κ2) is 7.96. The van der Waals surface area contributed by atoms with E-state index >= 15 is 0 Å². The number of pyridine rings is 1. The minimum atomic E-state index is 0.115. The molecule has 5 nitrogen and oxygen atoms in total. The Balaban J connectivity index is 1.83. The predicted molar refractivity (Wildman–Crippen MR) is 114 cm³/mol. The van der Waals surface area contributed by atoms with Crippen molar-refractivity contribution in [3.05, 3.63) is 34.3 Å². The van der Waals surface area contributed by atoms with Crippen molar-refractivity contribution in [2.45, 2.75) is 58.9 Å². The van der Waals surface area contributed by atoms with Crippen molar-refractivity contribution < 1.29 is 0 Å². The van der Waals surface area contributed by atoms with Gasteiger partial charge >= 0.3 is 0 Å². The Morgan fingerprint density at radius 3 is 2.57 bits per heavy atom. The fourth-order valence-corrected chi connectivity index (χ4v) is 4.51. The maximum Gasteiger partial charge on any atom is 0.225 e. The lowest BCUT2D eigenvalue weighted by Crippen LogP contribution is -2.18. The number of aromatic nitrogens is 5. The monoisotopic (exact) mass is 417 g/mol. The van der Waals surface area contributed by atoms with Gasteiger partial charge in [-0.3, -0.25) is 4.98 Å². The average Bonchev–Trinajstić information content (AvgIpc) is 3.02. The van der Waals surface area contributed by atoms with Crippen LogP contribution < -0.4 is 0 Å². The number of hydrogen-bond donors (Lipinski definition) is 0. The maximum absolute atomic E-state index is 6.47. The lowest BCUT2D eigenvalue weighted by atomic mass is 9.83. The smallest absolute Gasteiger partial charge is 0.225 e. The van der Waals surface area contributed by atoms with E-state index < -0.39 is 0 Å². The molecule has 3 aromatic rings. The van der Waals surface area contributed by atoms with Gasteiger partial charge in [-0.1, -0.05) is 45.2 Å². The minimum Gasteiger partial charge on any atom is -0.318 e. The lowest BCUT2D eigenvalue weighted by molar-refractivity contribution is 0.267. The molecule has 1 aliphatic carbocycles. The largest absolute Gasteiger partial charge is 0.318 e. The van der Waals surface area contributed by atoms with Gasteiger partial charge in [0.1, 0.15) is 11.2 Å². The standard InChI is InChI=1S/C21H25Cl2N5/c1-12(2)15-8-9-24-16(10-15)20-26-19-17(18(22)25-21(23)27-19)28(20)11-14-6-4-13(3)5-7-14/h8-10,12-14H,4-7,11H2,1-3H3/t13-,14-. The van der Waals surface area contributed by atoms with Gasteiger partial charge in [-0.2, -0.15) is 4.98 Å². The van der Waals surface area contributed by atoms with Crippen molar-refractivity contribution in [1.82, 2.24) is 24.5 Å². The summed E-state index contributed by atoms with van der Waals surface area (Å²) in [6, 6.07) is 4.15. The molecule has 0 radical (unpaired) electrons. The Morgan fingerprint density at radius 1 is 1.11 bits per heavy atom. The quantitative estimate of drug-likeness (QED) is 0.377. The summed E-state index contributed by atoms with van der Waals surface area (Å²) in [5.74, 6) is 2.60. The van der Waals surface area contributed by atoms with Gasteiger partial charge in [0.15, 0.2) is 16.6 Å². The number of rotatable bonds is 4. The fourth-order valence-electron chi connectivity index (χ4n) is 4.04. The van der Waals surface area contributed by atoms with Crippen LogP contribution in [0.2, 0.25) is 10.4 Å². The Hall–Kier alpha value is -1.72. The summed E-state index contributed by atoms with van der Waals surface area (Å²) < 4.78 is 2.15. The van der Waals surface area contributed by atoms with Gasteiger partial charge < -0.3 is 4.57 Å². The van der Waals surface area contributed by atoms with Gasteiger partial charge in [0, 0.05) is 12.7 Å². The van der Waals surface area contributed by atoms with Crippen LogP contribution in [0, 0.1) is 11.8 Å². The van der Waals surface area contributed by atoms with Crippen molar-refractivity contribution in [3.63, 3.8) is 0 Å². The molecule has 0 saturated heterocycles. The third-order valence-electron chi connectivity index (χ3n) is 5.79.